The molecule has 0 unspecified atom stereocenters. The van der Waals surface area contributed by atoms with Crippen LogP contribution in [-0.2, 0) is 14.4 Å². The number of carboxylic acid groups (broad SMARTS) is 1. The third-order valence-corrected chi connectivity index (χ3v) is 7.61. The molecule has 3 aliphatic heterocycles. The van der Waals surface area contributed by atoms with Crippen molar-refractivity contribution in [2.75, 3.05) is 24.5 Å². The van der Waals surface area contributed by atoms with Gasteiger partial charge in [-0.2, -0.15) is 0 Å². The maximum absolute atomic E-state index is 12.9. The highest BCUT2D eigenvalue weighted by Crippen LogP contribution is 2.42. The summed E-state index contributed by atoms with van der Waals surface area (Å²) in [6.45, 7) is 4.16. The quantitative estimate of drug-likeness (QED) is 0.679. The van der Waals surface area contributed by atoms with E-state index in [1.807, 2.05) is 6.92 Å². The van der Waals surface area contributed by atoms with Crippen LogP contribution in [0.2, 0.25) is 0 Å². The molecule has 1 aromatic rings. The Bertz CT molecular complexity index is 845. The zero-order chi connectivity index (χ0) is 22.7. The molecule has 1 aliphatic carbocycles. The molecule has 5 rings (SSSR count). The second-order valence-corrected chi connectivity index (χ2v) is 9.43. The van der Waals surface area contributed by atoms with Crippen molar-refractivity contribution < 1.29 is 19.5 Å². The Morgan fingerprint density at radius 1 is 1.19 bits per heavy atom. The minimum absolute atomic E-state index is 0.0906. The number of anilines is 1. The van der Waals surface area contributed by atoms with Crippen molar-refractivity contribution in [1.82, 2.24) is 20.2 Å². The molecular formula is C23H33N5O4. The van der Waals surface area contributed by atoms with Crippen molar-refractivity contribution in [2.45, 2.75) is 64.0 Å². The van der Waals surface area contributed by atoms with E-state index in [1.165, 1.54) is 0 Å². The van der Waals surface area contributed by atoms with Gasteiger partial charge in [0.15, 0.2) is 0 Å². The van der Waals surface area contributed by atoms with Gasteiger partial charge in [0.25, 0.3) is 6.47 Å². The molecule has 32 heavy (non-hydrogen) atoms. The summed E-state index contributed by atoms with van der Waals surface area (Å²) in [5.74, 6) is 2.44. The zero-order valence-corrected chi connectivity index (χ0v) is 18.7. The fourth-order valence-electron chi connectivity index (χ4n) is 5.94. The number of carbonyl (C=O) groups excluding carboxylic acids is 2. The van der Waals surface area contributed by atoms with Gasteiger partial charge in [-0.25, -0.2) is 4.98 Å². The van der Waals surface area contributed by atoms with E-state index in [1.54, 1.807) is 12.4 Å². The number of rotatable bonds is 4. The molecule has 2 bridgehead atoms. The van der Waals surface area contributed by atoms with E-state index in [2.05, 4.69) is 25.1 Å². The highest BCUT2D eigenvalue weighted by molar-refractivity contribution is 5.80. The van der Waals surface area contributed by atoms with Crippen LogP contribution >= 0.6 is 0 Å². The van der Waals surface area contributed by atoms with Gasteiger partial charge in [-0.05, 0) is 50.9 Å². The van der Waals surface area contributed by atoms with Gasteiger partial charge in [0.2, 0.25) is 11.8 Å². The summed E-state index contributed by atoms with van der Waals surface area (Å²) in [6, 6.07) is 0.380. The first kappa shape index (κ1) is 22.5. The van der Waals surface area contributed by atoms with Crippen LogP contribution in [0, 0.1) is 24.7 Å². The van der Waals surface area contributed by atoms with Gasteiger partial charge in [-0.15, -0.1) is 0 Å². The van der Waals surface area contributed by atoms with Crippen LogP contribution < -0.4 is 10.2 Å². The number of fused-ring (bicyclic) bond motifs is 4. The molecule has 0 aromatic carbocycles. The Balaban J connectivity index is 0.000000775. The number of carbonyl (C=O) groups is 3. The SMILES string of the molecule is Cc1nccnc1N1C[C@H]2C[C@@H](C1)[C@H](CNC(=O)C1CCC1)N1C(=O)CCC[C@@H]21.O=CO. The van der Waals surface area contributed by atoms with Crippen molar-refractivity contribution in [3.8, 4) is 0 Å². The van der Waals surface area contributed by atoms with Gasteiger partial charge in [-0.1, -0.05) is 6.42 Å². The van der Waals surface area contributed by atoms with Gasteiger partial charge in [0, 0.05) is 50.4 Å². The van der Waals surface area contributed by atoms with Gasteiger partial charge in [0.05, 0.1) is 11.7 Å². The molecule has 9 nitrogen and oxygen atoms in total. The highest BCUT2D eigenvalue weighted by atomic mass is 16.3. The summed E-state index contributed by atoms with van der Waals surface area (Å²) in [5.41, 5.74) is 0.957. The van der Waals surface area contributed by atoms with E-state index >= 15 is 0 Å². The number of amides is 2. The molecule has 1 saturated carbocycles. The molecule has 2 N–H and O–H groups in total. The summed E-state index contributed by atoms with van der Waals surface area (Å²) in [7, 11) is 0. The number of nitrogens with one attached hydrogen (secondary N) is 1. The molecule has 4 atom stereocenters. The largest absolute Gasteiger partial charge is 0.483 e. The van der Waals surface area contributed by atoms with Crippen LogP contribution in [0.15, 0.2) is 12.4 Å². The fraction of sp³-hybridized carbons (Fsp3) is 0.696. The van der Waals surface area contributed by atoms with Crippen LogP contribution in [0.25, 0.3) is 0 Å². The first-order valence-corrected chi connectivity index (χ1v) is 11.7. The topological polar surface area (TPSA) is 116 Å². The lowest BCUT2D eigenvalue weighted by Gasteiger charge is -2.57. The molecule has 4 heterocycles. The Hall–Kier alpha value is -2.71. The summed E-state index contributed by atoms with van der Waals surface area (Å²) in [5, 5.41) is 10.1. The van der Waals surface area contributed by atoms with Crippen molar-refractivity contribution in [3.05, 3.63) is 18.1 Å². The first-order chi connectivity index (χ1) is 15.5. The number of nitrogens with zero attached hydrogens (tertiary/aromatic N) is 4. The first-order valence-electron chi connectivity index (χ1n) is 11.7. The standard InChI is InChI=1S/C22H31N5O2.CH2O2/c1-14-21(24-9-8-23-14)26-12-16-10-17(13-26)19(11-25-22(29)15-4-2-5-15)27-18(16)6-3-7-20(27)28;2-1-3/h8-9,15-19H,2-7,10-13H2,1H3,(H,25,29);1H,(H,2,3)/t16-,17+,18+,19+;/m1./s1. The van der Waals surface area contributed by atoms with Crippen molar-refractivity contribution in [3.63, 3.8) is 0 Å². The van der Waals surface area contributed by atoms with Crippen LogP contribution in [0.3, 0.4) is 0 Å². The Morgan fingerprint density at radius 2 is 1.91 bits per heavy atom. The molecule has 0 radical (unpaired) electrons. The molecule has 4 aliphatic rings. The molecule has 4 fully saturated rings. The predicted molar refractivity (Wildman–Crippen MR) is 118 cm³/mol. The lowest BCUT2D eigenvalue weighted by atomic mass is 9.72. The second-order valence-electron chi connectivity index (χ2n) is 9.43. The monoisotopic (exact) mass is 443 g/mol. The van der Waals surface area contributed by atoms with Gasteiger partial charge < -0.3 is 20.2 Å². The lowest BCUT2D eigenvalue weighted by molar-refractivity contribution is -0.149. The van der Waals surface area contributed by atoms with E-state index in [4.69, 9.17) is 9.90 Å². The normalized spacial score (nSPS) is 29.2. The molecule has 174 valence electrons. The summed E-state index contributed by atoms with van der Waals surface area (Å²) < 4.78 is 0. The molecule has 2 amide bonds. The minimum Gasteiger partial charge on any atom is -0.483 e. The number of aryl methyl sites for hydroxylation is 1. The Kier molecular flexibility index (Phi) is 6.91. The molecule has 1 aromatic heterocycles. The molecular weight excluding hydrogens is 410 g/mol. The molecule has 9 heteroatoms. The summed E-state index contributed by atoms with van der Waals surface area (Å²) in [6.07, 6.45) is 10.5. The Morgan fingerprint density at radius 3 is 2.59 bits per heavy atom. The van der Waals surface area contributed by atoms with Gasteiger partial charge in [0.1, 0.15) is 5.82 Å². The minimum atomic E-state index is -0.250. The van der Waals surface area contributed by atoms with Gasteiger partial charge >= 0.3 is 0 Å². The zero-order valence-electron chi connectivity index (χ0n) is 18.7. The van der Waals surface area contributed by atoms with Crippen molar-refractivity contribution >= 4 is 24.1 Å². The predicted octanol–water partition coefficient (Wildman–Crippen LogP) is 1.61. The van der Waals surface area contributed by atoms with Crippen LogP contribution in [-0.4, -0.2) is 70.0 Å². The van der Waals surface area contributed by atoms with Gasteiger partial charge in [-0.3, -0.25) is 19.4 Å². The van der Waals surface area contributed by atoms with E-state index in [-0.39, 0.29) is 36.3 Å². The third kappa shape index (κ3) is 4.42. The Labute approximate surface area is 188 Å². The maximum Gasteiger partial charge on any atom is 0.290 e. The van der Waals surface area contributed by atoms with Crippen molar-refractivity contribution in [2.24, 2.45) is 17.8 Å². The molecule has 3 saturated heterocycles. The highest BCUT2D eigenvalue weighted by Gasteiger charge is 2.49. The van der Waals surface area contributed by atoms with E-state index in [9.17, 15) is 9.59 Å². The number of aromatic nitrogens is 2. The average molecular weight is 444 g/mol. The van der Waals surface area contributed by atoms with Crippen LogP contribution in [0.1, 0.15) is 50.6 Å². The second kappa shape index (κ2) is 9.83. The lowest BCUT2D eigenvalue weighted by Crippen LogP contribution is -2.67. The number of piperidine rings is 3. The van der Waals surface area contributed by atoms with Crippen LogP contribution in [0.5, 0.6) is 0 Å². The van der Waals surface area contributed by atoms with E-state index in [0.717, 1.165) is 63.1 Å². The smallest absolute Gasteiger partial charge is 0.290 e. The number of hydrogen-bond acceptors (Lipinski definition) is 6. The van der Waals surface area contributed by atoms with E-state index < -0.39 is 0 Å². The average Bonchev–Trinajstić information content (AvgIpc) is 2.73. The summed E-state index contributed by atoms with van der Waals surface area (Å²) >= 11 is 0. The summed E-state index contributed by atoms with van der Waals surface area (Å²) in [4.78, 5) is 47.3. The maximum atomic E-state index is 12.9. The third-order valence-electron chi connectivity index (χ3n) is 7.61. The number of hydrogen-bond donors (Lipinski definition) is 2. The van der Waals surface area contributed by atoms with Crippen molar-refractivity contribution in [1.29, 1.82) is 0 Å². The fourth-order valence-corrected chi connectivity index (χ4v) is 5.94. The van der Waals surface area contributed by atoms with Crippen LogP contribution in [0.4, 0.5) is 5.82 Å². The molecule has 0 spiro atoms. The van der Waals surface area contributed by atoms with E-state index in [0.29, 0.717) is 24.8 Å².